The molecule has 0 saturated heterocycles. The third-order valence-electron chi connectivity index (χ3n) is 4.64. The molecule has 5 nitrogen and oxygen atoms in total. The average Bonchev–Trinajstić information content (AvgIpc) is 2.71. The summed E-state index contributed by atoms with van der Waals surface area (Å²) in [5.41, 5.74) is 1.98. The molecule has 0 heterocycles. The lowest BCUT2D eigenvalue weighted by Crippen LogP contribution is -2.47. The maximum Gasteiger partial charge on any atom is 0.242 e. The van der Waals surface area contributed by atoms with E-state index in [9.17, 15) is 9.59 Å². The Morgan fingerprint density at radius 2 is 1.83 bits per heavy atom. The van der Waals surface area contributed by atoms with Crippen molar-refractivity contribution < 1.29 is 14.3 Å². The van der Waals surface area contributed by atoms with E-state index in [-0.39, 0.29) is 18.4 Å². The number of benzene rings is 2. The van der Waals surface area contributed by atoms with Crippen molar-refractivity contribution in [3.05, 3.63) is 64.7 Å². The molecule has 0 bridgehead atoms. The van der Waals surface area contributed by atoms with Crippen LogP contribution in [-0.2, 0) is 16.1 Å². The van der Waals surface area contributed by atoms with Crippen molar-refractivity contribution >= 4 is 23.4 Å². The van der Waals surface area contributed by atoms with E-state index in [1.165, 1.54) is 5.56 Å². The topological polar surface area (TPSA) is 58.6 Å². The number of nitrogens with zero attached hydrogens (tertiary/aromatic N) is 1. The maximum absolute atomic E-state index is 12.9. The van der Waals surface area contributed by atoms with Crippen molar-refractivity contribution in [1.29, 1.82) is 0 Å². The zero-order chi connectivity index (χ0) is 21.2. The van der Waals surface area contributed by atoms with Gasteiger partial charge < -0.3 is 15.0 Å². The van der Waals surface area contributed by atoms with Gasteiger partial charge in [0, 0.05) is 24.5 Å². The van der Waals surface area contributed by atoms with E-state index in [0.29, 0.717) is 31.0 Å². The lowest BCUT2D eigenvalue weighted by atomic mass is 10.1. The molecule has 29 heavy (non-hydrogen) atoms. The molecule has 156 valence electrons. The first-order chi connectivity index (χ1) is 13.9. The standard InChI is InChI=1S/C23H29ClN2O3/c1-4-25-23(28)18(3)26(16-19-8-5-6-9-21(19)24)22(27)10-7-15-29-20-13-11-17(2)12-14-20/h5-6,8-9,11-14,18H,4,7,10,15-16H2,1-3H3,(H,25,28)/t18-/m1/s1. The van der Waals surface area contributed by atoms with E-state index >= 15 is 0 Å². The van der Waals surface area contributed by atoms with E-state index in [1.54, 1.807) is 17.9 Å². The summed E-state index contributed by atoms with van der Waals surface area (Å²) in [5, 5.41) is 3.36. The Morgan fingerprint density at radius 3 is 2.48 bits per heavy atom. The first kappa shape index (κ1) is 22.8. The highest BCUT2D eigenvalue weighted by molar-refractivity contribution is 6.31. The summed E-state index contributed by atoms with van der Waals surface area (Å²) in [6, 6.07) is 14.6. The van der Waals surface area contributed by atoms with Crippen molar-refractivity contribution in [2.45, 2.75) is 46.2 Å². The Hall–Kier alpha value is -2.53. The maximum atomic E-state index is 12.9. The number of halogens is 1. The van der Waals surface area contributed by atoms with Crippen molar-refractivity contribution in [1.82, 2.24) is 10.2 Å². The molecular formula is C23H29ClN2O3. The first-order valence-corrected chi connectivity index (χ1v) is 10.3. The van der Waals surface area contributed by atoms with Gasteiger partial charge in [0.1, 0.15) is 11.8 Å². The lowest BCUT2D eigenvalue weighted by Gasteiger charge is -2.29. The number of hydrogen-bond donors (Lipinski definition) is 1. The number of ether oxygens (including phenoxy) is 1. The quantitative estimate of drug-likeness (QED) is 0.585. The molecule has 0 unspecified atom stereocenters. The van der Waals surface area contributed by atoms with Gasteiger partial charge in [0.15, 0.2) is 0 Å². The summed E-state index contributed by atoms with van der Waals surface area (Å²) >= 11 is 6.27. The van der Waals surface area contributed by atoms with E-state index in [0.717, 1.165) is 11.3 Å². The number of nitrogens with one attached hydrogen (secondary N) is 1. The second-order valence-corrected chi connectivity index (χ2v) is 7.36. The molecule has 0 saturated carbocycles. The van der Waals surface area contributed by atoms with E-state index in [2.05, 4.69) is 5.32 Å². The molecule has 6 heteroatoms. The van der Waals surface area contributed by atoms with Crippen molar-refractivity contribution in [2.75, 3.05) is 13.2 Å². The second kappa shape index (κ2) is 11.5. The van der Waals surface area contributed by atoms with Gasteiger partial charge in [-0.25, -0.2) is 0 Å². The summed E-state index contributed by atoms with van der Waals surface area (Å²) in [7, 11) is 0. The third kappa shape index (κ3) is 7.09. The van der Waals surface area contributed by atoms with Gasteiger partial charge in [-0.05, 0) is 51.0 Å². The Kier molecular flexibility index (Phi) is 9.00. The summed E-state index contributed by atoms with van der Waals surface area (Å²) < 4.78 is 5.70. The van der Waals surface area contributed by atoms with Crippen LogP contribution < -0.4 is 10.1 Å². The minimum atomic E-state index is -0.586. The Bertz CT molecular complexity index is 808. The molecule has 0 aliphatic heterocycles. The Morgan fingerprint density at radius 1 is 1.14 bits per heavy atom. The molecule has 2 aromatic rings. The van der Waals surface area contributed by atoms with Crippen LogP contribution in [-0.4, -0.2) is 35.9 Å². The molecule has 0 aliphatic rings. The molecule has 2 rings (SSSR count). The van der Waals surface area contributed by atoms with Crippen molar-refractivity contribution in [3.8, 4) is 5.75 Å². The highest BCUT2D eigenvalue weighted by Crippen LogP contribution is 2.19. The van der Waals surface area contributed by atoms with Crippen molar-refractivity contribution in [2.24, 2.45) is 0 Å². The number of carbonyl (C=O) groups excluding carboxylic acids is 2. The van der Waals surface area contributed by atoms with Gasteiger partial charge >= 0.3 is 0 Å². The summed E-state index contributed by atoms with van der Waals surface area (Å²) in [4.78, 5) is 26.8. The smallest absolute Gasteiger partial charge is 0.242 e. The fourth-order valence-electron chi connectivity index (χ4n) is 2.91. The second-order valence-electron chi connectivity index (χ2n) is 6.95. The highest BCUT2D eigenvalue weighted by atomic mass is 35.5. The SMILES string of the molecule is CCNC(=O)[C@@H](C)N(Cc1ccccc1Cl)C(=O)CCCOc1ccc(C)cc1. The first-order valence-electron chi connectivity index (χ1n) is 9.92. The summed E-state index contributed by atoms with van der Waals surface area (Å²) in [6.45, 7) is 6.85. The van der Waals surface area contributed by atoms with Crippen LogP contribution in [0, 0.1) is 6.92 Å². The molecule has 1 N–H and O–H groups in total. The predicted molar refractivity (Wildman–Crippen MR) is 116 cm³/mol. The van der Waals surface area contributed by atoms with Gasteiger partial charge in [-0.2, -0.15) is 0 Å². The normalized spacial score (nSPS) is 11.6. The van der Waals surface area contributed by atoms with Crippen LogP contribution in [0.3, 0.4) is 0 Å². The van der Waals surface area contributed by atoms with E-state index < -0.39 is 6.04 Å². The molecular weight excluding hydrogens is 388 g/mol. The molecule has 0 fully saturated rings. The van der Waals surface area contributed by atoms with Gasteiger partial charge in [-0.3, -0.25) is 9.59 Å². The van der Waals surface area contributed by atoms with Crippen LogP contribution >= 0.6 is 11.6 Å². The molecule has 0 spiro atoms. The van der Waals surface area contributed by atoms with Crippen molar-refractivity contribution in [3.63, 3.8) is 0 Å². The summed E-state index contributed by atoms with van der Waals surface area (Å²) in [5.74, 6) is 0.506. The van der Waals surface area contributed by atoms with Gasteiger partial charge in [-0.1, -0.05) is 47.5 Å². The average molecular weight is 417 g/mol. The third-order valence-corrected chi connectivity index (χ3v) is 5.01. The van der Waals surface area contributed by atoms with Gasteiger partial charge in [-0.15, -0.1) is 0 Å². The fourth-order valence-corrected chi connectivity index (χ4v) is 3.10. The predicted octanol–water partition coefficient (Wildman–Crippen LogP) is 4.36. The number of aryl methyl sites for hydroxylation is 1. The lowest BCUT2D eigenvalue weighted by molar-refractivity contribution is -0.140. The molecule has 0 aromatic heterocycles. The van der Waals surface area contributed by atoms with Crippen LogP contribution in [0.4, 0.5) is 0 Å². The van der Waals surface area contributed by atoms with Crippen LogP contribution in [0.25, 0.3) is 0 Å². The Balaban J connectivity index is 1.98. The van der Waals surface area contributed by atoms with Gasteiger partial charge in [0.05, 0.1) is 6.61 Å². The van der Waals surface area contributed by atoms with Crippen LogP contribution in [0.5, 0.6) is 5.75 Å². The number of rotatable bonds is 10. The zero-order valence-electron chi connectivity index (χ0n) is 17.3. The fraction of sp³-hybridized carbons (Fsp3) is 0.391. The monoisotopic (exact) mass is 416 g/mol. The number of carbonyl (C=O) groups is 2. The number of hydrogen-bond acceptors (Lipinski definition) is 3. The van der Waals surface area contributed by atoms with E-state index in [1.807, 2.05) is 56.3 Å². The van der Waals surface area contributed by atoms with Crippen LogP contribution in [0.1, 0.15) is 37.8 Å². The van der Waals surface area contributed by atoms with E-state index in [4.69, 9.17) is 16.3 Å². The minimum Gasteiger partial charge on any atom is -0.494 e. The number of amides is 2. The van der Waals surface area contributed by atoms with Crippen LogP contribution in [0.15, 0.2) is 48.5 Å². The molecule has 0 aliphatic carbocycles. The van der Waals surface area contributed by atoms with Gasteiger partial charge in [0.25, 0.3) is 0 Å². The zero-order valence-corrected chi connectivity index (χ0v) is 18.0. The highest BCUT2D eigenvalue weighted by Gasteiger charge is 2.26. The largest absolute Gasteiger partial charge is 0.494 e. The molecule has 1 atom stereocenters. The molecule has 2 amide bonds. The molecule has 0 radical (unpaired) electrons. The molecule has 2 aromatic carbocycles. The van der Waals surface area contributed by atoms with Crippen LogP contribution in [0.2, 0.25) is 5.02 Å². The van der Waals surface area contributed by atoms with Gasteiger partial charge in [0.2, 0.25) is 11.8 Å². The minimum absolute atomic E-state index is 0.101. The number of likely N-dealkylation sites (N-methyl/N-ethyl adjacent to an activating group) is 1. The Labute approximate surface area is 178 Å². The summed E-state index contributed by atoms with van der Waals surface area (Å²) in [6.07, 6.45) is 0.855.